The Kier molecular flexibility index (Phi) is 3.51. The fourth-order valence-corrected chi connectivity index (χ4v) is 2.97. The number of esters is 1. The van der Waals surface area contributed by atoms with Gasteiger partial charge in [-0.05, 0) is 29.5 Å². The van der Waals surface area contributed by atoms with Crippen molar-refractivity contribution in [3.05, 3.63) is 52.2 Å². The van der Waals surface area contributed by atoms with Gasteiger partial charge in [-0.15, -0.1) is 11.3 Å². The first-order valence-electron chi connectivity index (χ1n) is 6.36. The van der Waals surface area contributed by atoms with Crippen LogP contribution < -0.4 is 5.32 Å². The number of hydrogen-bond donors (Lipinski definition) is 1. The van der Waals surface area contributed by atoms with Crippen molar-refractivity contribution in [1.29, 1.82) is 0 Å². The first kappa shape index (κ1) is 12.2. The number of benzene rings is 1. The predicted molar refractivity (Wildman–Crippen MR) is 76.4 cm³/mol. The van der Waals surface area contributed by atoms with E-state index in [2.05, 4.69) is 5.32 Å². The molecule has 0 saturated heterocycles. The van der Waals surface area contributed by atoms with Gasteiger partial charge < -0.3 is 10.1 Å². The second-order valence-electron chi connectivity index (χ2n) is 4.54. The summed E-state index contributed by atoms with van der Waals surface area (Å²) in [5.41, 5.74) is 2.09. The number of carbonyl (C=O) groups is 1. The van der Waals surface area contributed by atoms with Crippen LogP contribution in [0.15, 0.2) is 41.8 Å². The first-order chi connectivity index (χ1) is 9.34. The molecule has 0 bridgehead atoms. The third-order valence-corrected chi connectivity index (χ3v) is 4.16. The Morgan fingerprint density at radius 1 is 1.32 bits per heavy atom. The van der Waals surface area contributed by atoms with E-state index >= 15 is 0 Å². The lowest BCUT2D eigenvalue weighted by molar-refractivity contribution is -0.146. The van der Waals surface area contributed by atoms with E-state index < -0.39 is 0 Å². The van der Waals surface area contributed by atoms with Crippen molar-refractivity contribution in [1.82, 2.24) is 0 Å². The Labute approximate surface area is 116 Å². The molecular formula is C15H15NO2S. The number of hydrogen-bond acceptors (Lipinski definition) is 4. The highest BCUT2D eigenvalue weighted by molar-refractivity contribution is 7.09. The van der Waals surface area contributed by atoms with Crippen molar-refractivity contribution >= 4 is 23.0 Å². The highest BCUT2D eigenvalue weighted by Gasteiger charge is 2.27. The van der Waals surface area contributed by atoms with E-state index in [9.17, 15) is 4.79 Å². The average molecular weight is 273 g/mol. The summed E-state index contributed by atoms with van der Waals surface area (Å²) in [5.74, 6) is -0.264. The van der Waals surface area contributed by atoms with Gasteiger partial charge in [0.15, 0.2) is 0 Å². The van der Waals surface area contributed by atoms with Crippen molar-refractivity contribution in [2.45, 2.75) is 18.9 Å². The van der Waals surface area contributed by atoms with Gasteiger partial charge in [0, 0.05) is 17.1 Å². The molecule has 1 atom stereocenters. The smallest absolute Gasteiger partial charge is 0.313 e. The Bertz CT molecular complexity index is 565. The number of thiophene rings is 1. The standard InChI is InChI=1S/C15H15NO2S/c17-15(18-10-11-4-3-9-19-11)13-7-8-16-14-6-2-1-5-12(13)14/h1-6,9,13,16H,7-8,10H2. The van der Waals surface area contributed by atoms with E-state index in [1.54, 1.807) is 11.3 Å². The lowest BCUT2D eigenvalue weighted by atomic mass is 9.91. The molecule has 1 aliphatic rings. The highest BCUT2D eigenvalue weighted by Crippen LogP contribution is 2.32. The van der Waals surface area contributed by atoms with Crippen LogP contribution in [-0.2, 0) is 16.1 Å². The molecule has 0 fully saturated rings. The molecule has 1 aliphatic heterocycles. The van der Waals surface area contributed by atoms with Crippen LogP contribution in [0, 0.1) is 0 Å². The molecule has 19 heavy (non-hydrogen) atoms. The quantitative estimate of drug-likeness (QED) is 0.871. The fraction of sp³-hybridized carbons (Fsp3) is 0.267. The van der Waals surface area contributed by atoms with Crippen molar-refractivity contribution in [3.63, 3.8) is 0 Å². The van der Waals surface area contributed by atoms with Gasteiger partial charge in [0.2, 0.25) is 0 Å². The maximum Gasteiger partial charge on any atom is 0.313 e. The molecule has 3 rings (SSSR count). The molecule has 0 amide bonds. The molecule has 1 unspecified atom stereocenters. The van der Waals surface area contributed by atoms with Crippen LogP contribution in [0.3, 0.4) is 0 Å². The molecule has 1 aromatic heterocycles. The summed E-state index contributed by atoms with van der Waals surface area (Å²) in [4.78, 5) is 13.3. The topological polar surface area (TPSA) is 38.3 Å². The first-order valence-corrected chi connectivity index (χ1v) is 7.24. The maximum absolute atomic E-state index is 12.2. The Morgan fingerprint density at radius 2 is 2.21 bits per heavy atom. The number of ether oxygens (including phenoxy) is 1. The number of fused-ring (bicyclic) bond motifs is 1. The minimum atomic E-state index is -0.141. The lowest BCUT2D eigenvalue weighted by Gasteiger charge is -2.25. The van der Waals surface area contributed by atoms with Gasteiger partial charge in [-0.2, -0.15) is 0 Å². The molecular weight excluding hydrogens is 258 g/mol. The second kappa shape index (κ2) is 5.45. The number of para-hydroxylation sites is 1. The summed E-state index contributed by atoms with van der Waals surface area (Å²) >= 11 is 1.61. The predicted octanol–water partition coefficient (Wildman–Crippen LogP) is 3.39. The van der Waals surface area contributed by atoms with Gasteiger partial charge in [0.25, 0.3) is 0 Å². The SMILES string of the molecule is O=C(OCc1cccs1)C1CCNc2ccccc21. The minimum absolute atomic E-state index is 0.123. The summed E-state index contributed by atoms with van der Waals surface area (Å²) < 4.78 is 5.43. The fourth-order valence-electron chi connectivity index (χ4n) is 2.35. The van der Waals surface area contributed by atoms with Crippen LogP contribution in [0.25, 0.3) is 0 Å². The van der Waals surface area contributed by atoms with E-state index in [0.717, 1.165) is 29.1 Å². The van der Waals surface area contributed by atoms with Crippen molar-refractivity contribution < 1.29 is 9.53 Å². The summed E-state index contributed by atoms with van der Waals surface area (Å²) in [7, 11) is 0. The van der Waals surface area contributed by atoms with Crippen LogP contribution in [0.2, 0.25) is 0 Å². The summed E-state index contributed by atoms with van der Waals surface area (Å²) in [6.45, 7) is 1.19. The third kappa shape index (κ3) is 2.63. The molecule has 0 saturated carbocycles. The zero-order chi connectivity index (χ0) is 13.1. The average Bonchev–Trinajstić information content (AvgIpc) is 2.97. The van der Waals surface area contributed by atoms with Gasteiger partial charge >= 0.3 is 5.97 Å². The summed E-state index contributed by atoms with van der Waals surface area (Å²) in [6.07, 6.45) is 0.792. The Morgan fingerprint density at radius 3 is 3.05 bits per heavy atom. The molecule has 4 heteroatoms. The lowest BCUT2D eigenvalue weighted by Crippen LogP contribution is -2.24. The largest absolute Gasteiger partial charge is 0.459 e. The molecule has 2 heterocycles. The number of carbonyl (C=O) groups excluding carboxylic acids is 1. The van der Waals surface area contributed by atoms with Crippen LogP contribution in [-0.4, -0.2) is 12.5 Å². The molecule has 2 aromatic rings. The van der Waals surface area contributed by atoms with Crippen LogP contribution in [0.1, 0.15) is 22.8 Å². The van der Waals surface area contributed by atoms with Crippen LogP contribution in [0.4, 0.5) is 5.69 Å². The Hall–Kier alpha value is -1.81. The molecule has 0 spiro atoms. The van der Waals surface area contributed by atoms with E-state index in [1.165, 1.54) is 0 Å². The van der Waals surface area contributed by atoms with E-state index in [0.29, 0.717) is 6.61 Å². The van der Waals surface area contributed by atoms with Crippen LogP contribution in [0.5, 0.6) is 0 Å². The molecule has 0 aliphatic carbocycles. The second-order valence-corrected chi connectivity index (χ2v) is 5.57. The number of anilines is 1. The van der Waals surface area contributed by atoms with Gasteiger partial charge in [-0.3, -0.25) is 4.79 Å². The number of nitrogens with one attached hydrogen (secondary N) is 1. The van der Waals surface area contributed by atoms with E-state index in [4.69, 9.17) is 4.74 Å². The molecule has 0 radical (unpaired) electrons. The molecule has 98 valence electrons. The van der Waals surface area contributed by atoms with Crippen molar-refractivity contribution in [2.75, 3.05) is 11.9 Å². The van der Waals surface area contributed by atoms with Gasteiger partial charge in [0.05, 0.1) is 5.92 Å². The Balaban J connectivity index is 1.71. The number of rotatable bonds is 3. The highest BCUT2D eigenvalue weighted by atomic mass is 32.1. The van der Waals surface area contributed by atoms with Crippen molar-refractivity contribution in [2.24, 2.45) is 0 Å². The summed E-state index contributed by atoms with van der Waals surface area (Å²) in [5, 5.41) is 5.30. The van der Waals surface area contributed by atoms with E-state index in [-0.39, 0.29) is 11.9 Å². The monoisotopic (exact) mass is 273 g/mol. The zero-order valence-electron chi connectivity index (χ0n) is 10.5. The maximum atomic E-state index is 12.2. The van der Waals surface area contributed by atoms with E-state index in [1.807, 2.05) is 41.8 Å². The molecule has 1 N–H and O–H groups in total. The summed E-state index contributed by atoms with van der Waals surface area (Å²) in [6, 6.07) is 11.9. The normalized spacial score (nSPS) is 17.4. The van der Waals surface area contributed by atoms with Crippen LogP contribution >= 0.6 is 11.3 Å². The zero-order valence-corrected chi connectivity index (χ0v) is 11.3. The molecule has 1 aromatic carbocycles. The van der Waals surface area contributed by atoms with Gasteiger partial charge in [-0.1, -0.05) is 24.3 Å². The van der Waals surface area contributed by atoms with Crippen molar-refractivity contribution in [3.8, 4) is 0 Å². The minimum Gasteiger partial charge on any atom is -0.459 e. The van der Waals surface area contributed by atoms with Gasteiger partial charge in [0.1, 0.15) is 6.61 Å². The third-order valence-electron chi connectivity index (χ3n) is 3.31. The van der Waals surface area contributed by atoms with Gasteiger partial charge in [-0.25, -0.2) is 0 Å². The molecule has 3 nitrogen and oxygen atoms in total.